The van der Waals surface area contributed by atoms with Gasteiger partial charge >= 0.3 is 0 Å². The van der Waals surface area contributed by atoms with E-state index in [4.69, 9.17) is 0 Å². The van der Waals surface area contributed by atoms with Crippen molar-refractivity contribution in [3.63, 3.8) is 0 Å². The molecule has 2 rings (SSSR count). The van der Waals surface area contributed by atoms with Crippen molar-refractivity contribution >= 4 is 11.8 Å². The third-order valence-corrected chi connectivity index (χ3v) is 3.22. The molecule has 19 heavy (non-hydrogen) atoms. The molecule has 0 spiro atoms. The van der Waals surface area contributed by atoms with Crippen LogP contribution in [0.15, 0.2) is 12.4 Å². The van der Waals surface area contributed by atoms with Gasteiger partial charge in [0.15, 0.2) is 0 Å². The molecular weight excluding hydrogens is 244 g/mol. The Labute approximate surface area is 112 Å². The van der Waals surface area contributed by atoms with E-state index >= 15 is 0 Å². The zero-order valence-electron chi connectivity index (χ0n) is 11.6. The molecule has 1 aliphatic rings. The van der Waals surface area contributed by atoms with E-state index in [2.05, 4.69) is 24.3 Å². The first-order chi connectivity index (χ1) is 8.97. The maximum Gasteiger partial charge on any atom is 0.243 e. The lowest BCUT2D eigenvalue weighted by Crippen LogP contribution is -2.58. The number of amides is 2. The number of hydrogen-bond donors (Lipinski definition) is 1. The third-order valence-electron chi connectivity index (χ3n) is 3.22. The minimum atomic E-state index is -0.374. The Morgan fingerprint density at radius 1 is 1.47 bits per heavy atom. The average molecular weight is 264 g/mol. The summed E-state index contributed by atoms with van der Waals surface area (Å²) in [5.41, 5.74) is 0.944. The van der Waals surface area contributed by atoms with E-state index in [-0.39, 0.29) is 24.4 Å². The molecule has 1 atom stereocenters. The van der Waals surface area contributed by atoms with Gasteiger partial charge in [0, 0.05) is 25.4 Å². The normalized spacial score (nSPS) is 20.0. The van der Waals surface area contributed by atoms with Crippen LogP contribution in [0.25, 0.3) is 0 Å². The van der Waals surface area contributed by atoms with Crippen LogP contribution in [0.4, 0.5) is 0 Å². The summed E-state index contributed by atoms with van der Waals surface area (Å²) in [7, 11) is 1.83. The lowest BCUT2D eigenvalue weighted by molar-refractivity contribution is -0.146. The molecular formula is C13H20N4O2. The number of rotatable bonds is 4. The Bertz CT molecular complexity index is 481. The van der Waals surface area contributed by atoms with Crippen LogP contribution >= 0.6 is 0 Å². The van der Waals surface area contributed by atoms with Gasteiger partial charge in [-0.05, 0) is 12.3 Å². The van der Waals surface area contributed by atoms with Gasteiger partial charge in [-0.15, -0.1) is 0 Å². The van der Waals surface area contributed by atoms with Gasteiger partial charge in [0.25, 0.3) is 0 Å². The van der Waals surface area contributed by atoms with Crippen LogP contribution in [-0.2, 0) is 23.2 Å². The predicted molar refractivity (Wildman–Crippen MR) is 70.0 cm³/mol. The first kappa shape index (κ1) is 13.6. The van der Waals surface area contributed by atoms with E-state index in [0.717, 1.165) is 5.56 Å². The Morgan fingerprint density at radius 3 is 2.79 bits per heavy atom. The molecule has 2 amide bonds. The maximum atomic E-state index is 12.0. The molecule has 0 saturated carbocycles. The summed E-state index contributed by atoms with van der Waals surface area (Å²) in [5.74, 6) is 0.268. The molecule has 6 nitrogen and oxygen atoms in total. The fourth-order valence-corrected chi connectivity index (χ4v) is 2.33. The molecule has 1 aliphatic heterocycles. The van der Waals surface area contributed by atoms with Crippen molar-refractivity contribution in [3.05, 3.63) is 18.0 Å². The predicted octanol–water partition coefficient (Wildman–Crippen LogP) is 0.293. The molecule has 6 heteroatoms. The fraction of sp³-hybridized carbons (Fsp3) is 0.615. The summed E-state index contributed by atoms with van der Waals surface area (Å²) in [6, 6.07) is -0.374. The second-order valence-corrected chi connectivity index (χ2v) is 5.41. The molecule has 1 aromatic heterocycles. The number of hydrogen-bond acceptors (Lipinski definition) is 3. The zero-order valence-corrected chi connectivity index (χ0v) is 11.6. The summed E-state index contributed by atoms with van der Waals surface area (Å²) in [4.78, 5) is 25.6. The molecule has 1 N–H and O–H groups in total. The second-order valence-electron chi connectivity index (χ2n) is 5.41. The largest absolute Gasteiger partial charge is 0.345 e. The van der Waals surface area contributed by atoms with Gasteiger partial charge in [-0.3, -0.25) is 14.3 Å². The Morgan fingerprint density at radius 2 is 2.21 bits per heavy atom. The highest BCUT2D eigenvalue weighted by Gasteiger charge is 2.34. The highest BCUT2D eigenvalue weighted by atomic mass is 16.2. The lowest BCUT2D eigenvalue weighted by Gasteiger charge is -2.35. The van der Waals surface area contributed by atoms with Crippen LogP contribution in [0, 0.1) is 5.92 Å². The van der Waals surface area contributed by atoms with E-state index in [0.29, 0.717) is 18.9 Å². The van der Waals surface area contributed by atoms with Gasteiger partial charge in [0.05, 0.1) is 12.7 Å². The summed E-state index contributed by atoms with van der Waals surface area (Å²) in [6.45, 7) is 4.63. The van der Waals surface area contributed by atoms with Crippen LogP contribution in [0.3, 0.4) is 0 Å². The Hall–Kier alpha value is -1.85. The molecule has 1 aromatic rings. The Kier molecular flexibility index (Phi) is 3.87. The number of carbonyl (C=O) groups excluding carboxylic acids is 2. The highest BCUT2D eigenvalue weighted by Crippen LogP contribution is 2.18. The van der Waals surface area contributed by atoms with Crippen molar-refractivity contribution in [2.75, 3.05) is 6.54 Å². The van der Waals surface area contributed by atoms with Crippen LogP contribution in [0.2, 0.25) is 0 Å². The maximum absolute atomic E-state index is 12.0. The summed E-state index contributed by atoms with van der Waals surface area (Å²) >= 11 is 0. The van der Waals surface area contributed by atoms with Gasteiger partial charge in [-0.2, -0.15) is 5.10 Å². The van der Waals surface area contributed by atoms with Gasteiger partial charge < -0.3 is 10.2 Å². The third kappa shape index (κ3) is 3.13. The van der Waals surface area contributed by atoms with Crippen molar-refractivity contribution in [1.29, 1.82) is 0 Å². The molecule has 1 saturated heterocycles. The molecule has 1 fully saturated rings. The zero-order chi connectivity index (χ0) is 14.0. The molecule has 0 aromatic carbocycles. The SMILES string of the molecule is CC(C)CC1C(=O)NCC(=O)N1Cc1cnn(C)c1. The first-order valence-corrected chi connectivity index (χ1v) is 6.52. The second kappa shape index (κ2) is 5.42. The lowest BCUT2D eigenvalue weighted by atomic mass is 9.99. The minimum Gasteiger partial charge on any atom is -0.345 e. The summed E-state index contributed by atoms with van der Waals surface area (Å²) in [5, 5.41) is 6.75. The van der Waals surface area contributed by atoms with Crippen molar-refractivity contribution in [2.24, 2.45) is 13.0 Å². The first-order valence-electron chi connectivity index (χ1n) is 6.52. The number of nitrogens with one attached hydrogen (secondary N) is 1. The van der Waals surface area contributed by atoms with Crippen LogP contribution in [-0.4, -0.2) is 39.1 Å². The van der Waals surface area contributed by atoms with E-state index in [1.165, 1.54) is 0 Å². The smallest absolute Gasteiger partial charge is 0.243 e. The van der Waals surface area contributed by atoms with Gasteiger partial charge in [-0.1, -0.05) is 13.8 Å². The average Bonchev–Trinajstić information content (AvgIpc) is 2.74. The Balaban J connectivity index is 2.16. The number of carbonyl (C=O) groups is 2. The van der Waals surface area contributed by atoms with E-state index in [1.54, 1.807) is 15.8 Å². The molecule has 1 unspecified atom stereocenters. The number of aromatic nitrogens is 2. The van der Waals surface area contributed by atoms with Gasteiger partial charge in [0.1, 0.15) is 6.04 Å². The van der Waals surface area contributed by atoms with E-state index < -0.39 is 0 Å². The van der Waals surface area contributed by atoms with E-state index in [1.807, 2.05) is 13.2 Å². The number of aryl methyl sites for hydroxylation is 1. The fourth-order valence-electron chi connectivity index (χ4n) is 2.33. The van der Waals surface area contributed by atoms with Crippen molar-refractivity contribution in [1.82, 2.24) is 20.0 Å². The molecule has 2 heterocycles. The van der Waals surface area contributed by atoms with Crippen molar-refractivity contribution in [3.8, 4) is 0 Å². The van der Waals surface area contributed by atoms with Gasteiger partial charge in [0.2, 0.25) is 11.8 Å². The molecule has 0 bridgehead atoms. The number of piperazine rings is 1. The highest BCUT2D eigenvalue weighted by molar-refractivity contribution is 5.94. The summed E-state index contributed by atoms with van der Waals surface area (Å²) in [6.07, 6.45) is 4.27. The van der Waals surface area contributed by atoms with Crippen LogP contribution in [0.5, 0.6) is 0 Å². The standard InChI is InChI=1S/C13H20N4O2/c1-9(2)4-11-13(19)14-6-12(18)17(11)8-10-5-15-16(3)7-10/h5,7,9,11H,4,6,8H2,1-3H3,(H,14,19). The van der Waals surface area contributed by atoms with E-state index in [9.17, 15) is 9.59 Å². The van der Waals surface area contributed by atoms with Crippen LogP contribution < -0.4 is 5.32 Å². The molecule has 0 radical (unpaired) electrons. The minimum absolute atomic E-state index is 0.0332. The topological polar surface area (TPSA) is 67.2 Å². The summed E-state index contributed by atoms with van der Waals surface area (Å²) < 4.78 is 1.70. The monoisotopic (exact) mass is 264 g/mol. The number of nitrogens with zero attached hydrogens (tertiary/aromatic N) is 3. The molecule has 104 valence electrons. The molecule has 0 aliphatic carbocycles. The van der Waals surface area contributed by atoms with Crippen molar-refractivity contribution < 1.29 is 9.59 Å². The van der Waals surface area contributed by atoms with Gasteiger partial charge in [-0.25, -0.2) is 0 Å². The van der Waals surface area contributed by atoms with Crippen LogP contribution in [0.1, 0.15) is 25.8 Å². The quantitative estimate of drug-likeness (QED) is 0.850. The van der Waals surface area contributed by atoms with Crippen molar-refractivity contribution in [2.45, 2.75) is 32.9 Å².